The van der Waals surface area contributed by atoms with Crippen LogP contribution >= 0.6 is 0 Å². The van der Waals surface area contributed by atoms with Crippen LogP contribution < -0.4 is 20.4 Å². The molecule has 4 aromatic rings. The first-order valence-corrected chi connectivity index (χ1v) is 21.5. The Balaban J connectivity index is 0.000000159. The van der Waals surface area contributed by atoms with Gasteiger partial charge in [-0.1, -0.05) is 79.7 Å². The lowest BCUT2D eigenvalue weighted by Crippen LogP contribution is -2.44. The summed E-state index contributed by atoms with van der Waals surface area (Å²) in [7, 11) is 0. The summed E-state index contributed by atoms with van der Waals surface area (Å²) in [5.41, 5.74) is 11.9. The predicted molar refractivity (Wildman–Crippen MR) is 232 cm³/mol. The second-order valence-corrected chi connectivity index (χ2v) is 20.2. The Labute approximate surface area is 336 Å². The van der Waals surface area contributed by atoms with Gasteiger partial charge in [-0.25, -0.2) is 19.9 Å². The van der Waals surface area contributed by atoms with Crippen molar-refractivity contribution in [2.45, 2.75) is 122 Å². The van der Waals surface area contributed by atoms with E-state index in [-0.39, 0.29) is 21.7 Å². The van der Waals surface area contributed by atoms with Gasteiger partial charge in [-0.3, -0.25) is 0 Å². The van der Waals surface area contributed by atoms with Gasteiger partial charge in [-0.2, -0.15) is 0 Å². The molecule has 2 aromatic heterocycles. The number of piperazine rings is 1. The Kier molecular flexibility index (Phi) is 10.3. The molecule has 3 aliphatic heterocycles. The Morgan fingerprint density at radius 1 is 0.464 bits per heavy atom. The minimum Gasteiger partial charge on any atom is -0.341 e. The molecular weight excluding hydrogens is 689 g/mol. The highest BCUT2D eigenvalue weighted by atomic mass is 15.3. The molecule has 0 amide bonds. The van der Waals surface area contributed by atoms with Crippen molar-refractivity contribution in [3.8, 4) is 22.5 Å². The van der Waals surface area contributed by atoms with E-state index in [0.717, 1.165) is 62.6 Å². The van der Waals surface area contributed by atoms with E-state index < -0.39 is 0 Å². The third-order valence-corrected chi connectivity index (χ3v) is 14.4. The molecule has 0 unspecified atom stereocenters. The molecule has 2 N–H and O–H groups in total. The van der Waals surface area contributed by atoms with E-state index in [1.54, 1.807) is 0 Å². The van der Waals surface area contributed by atoms with Crippen LogP contribution in [-0.2, 0) is 21.7 Å². The lowest BCUT2D eigenvalue weighted by atomic mass is 9.63. The number of hydrogen-bond acceptors (Lipinski definition) is 8. The van der Waals surface area contributed by atoms with Gasteiger partial charge in [0.05, 0.1) is 11.4 Å². The number of nitrogens with one attached hydrogen (secondary N) is 2. The van der Waals surface area contributed by atoms with Crippen molar-refractivity contribution in [2.75, 3.05) is 62.2 Å². The van der Waals surface area contributed by atoms with Gasteiger partial charge in [0, 0.05) is 69.3 Å². The zero-order valence-corrected chi connectivity index (χ0v) is 35.6. The van der Waals surface area contributed by atoms with Crippen molar-refractivity contribution in [1.82, 2.24) is 30.6 Å². The molecule has 5 heterocycles. The van der Waals surface area contributed by atoms with Gasteiger partial charge in [0.1, 0.15) is 0 Å². The van der Waals surface area contributed by atoms with Crippen LogP contribution in [0.3, 0.4) is 0 Å². The molecular formula is C48H66N8. The maximum absolute atomic E-state index is 5.01. The highest BCUT2D eigenvalue weighted by molar-refractivity contribution is 5.65. The molecule has 8 nitrogen and oxygen atoms in total. The number of rotatable bonds is 4. The van der Waals surface area contributed by atoms with E-state index in [0.29, 0.717) is 5.41 Å². The summed E-state index contributed by atoms with van der Waals surface area (Å²) in [6, 6.07) is 18.1. The number of fused-ring (bicyclic) bond motifs is 2. The summed E-state index contributed by atoms with van der Waals surface area (Å²) in [5, 5.41) is 6.94. The minimum absolute atomic E-state index is 0.216. The molecule has 0 radical (unpaired) electrons. The normalized spacial score (nSPS) is 22.8. The summed E-state index contributed by atoms with van der Waals surface area (Å²) >= 11 is 0. The van der Waals surface area contributed by atoms with Gasteiger partial charge in [0.15, 0.2) is 0 Å². The second-order valence-electron chi connectivity index (χ2n) is 20.2. The van der Waals surface area contributed by atoms with Crippen molar-refractivity contribution < 1.29 is 0 Å². The van der Waals surface area contributed by atoms with Crippen molar-refractivity contribution in [2.24, 2.45) is 5.41 Å². The quantitative estimate of drug-likeness (QED) is 0.214. The third-order valence-electron chi connectivity index (χ3n) is 14.4. The molecule has 0 atom stereocenters. The smallest absolute Gasteiger partial charge is 0.225 e. The van der Waals surface area contributed by atoms with Crippen molar-refractivity contribution in [3.63, 3.8) is 0 Å². The highest BCUT2D eigenvalue weighted by Gasteiger charge is 2.39. The molecule has 2 aliphatic carbocycles. The topological polar surface area (TPSA) is 82.1 Å². The van der Waals surface area contributed by atoms with Gasteiger partial charge in [0.2, 0.25) is 11.9 Å². The molecule has 298 valence electrons. The molecule has 5 aliphatic rings. The van der Waals surface area contributed by atoms with Gasteiger partial charge in [-0.05, 0) is 125 Å². The third kappa shape index (κ3) is 7.72. The van der Waals surface area contributed by atoms with Crippen molar-refractivity contribution in [3.05, 3.63) is 83.2 Å². The van der Waals surface area contributed by atoms with Gasteiger partial charge in [-0.15, -0.1) is 0 Å². The largest absolute Gasteiger partial charge is 0.341 e. The van der Waals surface area contributed by atoms with Crippen LogP contribution in [0.5, 0.6) is 0 Å². The number of piperidine rings is 1. The van der Waals surface area contributed by atoms with Crippen LogP contribution in [0, 0.1) is 5.41 Å². The summed E-state index contributed by atoms with van der Waals surface area (Å²) in [5.74, 6) is 1.74. The molecule has 56 heavy (non-hydrogen) atoms. The molecule has 0 saturated carbocycles. The average molecular weight is 755 g/mol. The Morgan fingerprint density at radius 2 is 0.911 bits per heavy atom. The molecule has 3 fully saturated rings. The van der Waals surface area contributed by atoms with Crippen LogP contribution in [0.4, 0.5) is 11.9 Å². The lowest BCUT2D eigenvalue weighted by molar-refractivity contribution is 0.246. The van der Waals surface area contributed by atoms with Crippen LogP contribution in [-0.4, -0.2) is 72.3 Å². The monoisotopic (exact) mass is 755 g/mol. The Bertz CT molecular complexity index is 2020. The Morgan fingerprint density at radius 3 is 1.36 bits per heavy atom. The fraction of sp³-hybridized carbons (Fsp3) is 0.583. The van der Waals surface area contributed by atoms with E-state index in [1.807, 2.05) is 18.5 Å². The molecule has 1 spiro atoms. The van der Waals surface area contributed by atoms with Gasteiger partial charge >= 0.3 is 0 Å². The first-order valence-electron chi connectivity index (χ1n) is 21.5. The van der Waals surface area contributed by atoms with E-state index in [2.05, 4.69) is 128 Å². The lowest BCUT2D eigenvalue weighted by Gasteiger charge is -2.42. The number of aromatic nitrogens is 4. The van der Waals surface area contributed by atoms with Crippen LogP contribution in [0.25, 0.3) is 22.5 Å². The SMILES string of the molecule is CC1(C)CCC(C)(C)c2cc(-c3ccnc(N4CCC5(CCNC5)CC4)n3)ccc21.CC1(C)CCC(C)(C)c2cc(-c3ccnc(N4CCNCC4)n3)ccc21. The van der Waals surface area contributed by atoms with E-state index >= 15 is 0 Å². The maximum atomic E-state index is 5.01. The fourth-order valence-electron chi connectivity index (χ4n) is 10.1. The predicted octanol–water partition coefficient (Wildman–Crippen LogP) is 8.97. The average Bonchev–Trinajstić information content (AvgIpc) is 3.67. The zero-order valence-electron chi connectivity index (χ0n) is 35.6. The van der Waals surface area contributed by atoms with Crippen LogP contribution in [0.1, 0.15) is 123 Å². The number of hydrogen-bond donors (Lipinski definition) is 2. The van der Waals surface area contributed by atoms with Gasteiger partial charge < -0.3 is 20.4 Å². The van der Waals surface area contributed by atoms with E-state index in [4.69, 9.17) is 9.97 Å². The van der Waals surface area contributed by atoms with Crippen LogP contribution in [0.15, 0.2) is 60.9 Å². The summed E-state index contributed by atoms with van der Waals surface area (Å²) in [6.45, 7) is 27.4. The standard InChI is InChI=1S/C26H36N4.C22H30N4/c1-24(2)8-9-25(3,4)21-17-19(5-6-20(21)24)22-7-13-28-23(29-22)30-15-11-26(12-16-30)10-14-27-18-26;1-21(2)8-9-22(3,4)18-15-16(5-6-17(18)21)19-7-10-24-20(25-19)26-13-11-23-12-14-26/h5-7,13,17,27H,8-12,14-16,18H2,1-4H3;5-7,10,15,23H,8-9,11-14H2,1-4H3. The molecule has 0 bridgehead atoms. The highest BCUT2D eigenvalue weighted by Crippen LogP contribution is 2.48. The Hall–Kier alpha value is -3.88. The number of nitrogens with zero attached hydrogens (tertiary/aromatic N) is 6. The molecule has 8 heteroatoms. The van der Waals surface area contributed by atoms with Crippen molar-refractivity contribution >= 4 is 11.9 Å². The minimum atomic E-state index is 0.216. The van der Waals surface area contributed by atoms with E-state index in [9.17, 15) is 0 Å². The summed E-state index contributed by atoms with van der Waals surface area (Å²) in [4.78, 5) is 23.7. The van der Waals surface area contributed by atoms with Crippen molar-refractivity contribution in [1.29, 1.82) is 0 Å². The summed E-state index contributed by atoms with van der Waals surface area (Å²) < 4.78 is 0. The number of benzene rings is 2. The number of anilines is 2. The van der Waals surface area contributed by atoms with Gasteiger partial charge in [0.25, 0.3) is 0 Å². The first kappa shape index (κ1) is 39.0. The molecule has 3 saturated heterocycles. The fourth-order valence-corrected chi connectivity index (χ4v) is 10.1. The second kappa shape index (κ2) is 14.8. The van der Waals surface area contributed by atoms with E-state index in [1.165, 1.54) is 91.4 Å². The first-order chi connectivity index (χ1) is 26.6. The molecule has 9 rings (SSSR count). The molecule has 2 aromatic carbocycles. The zero-order chi connectivity index (χ0) is 39.3. The van der Waals surface area contributed by atoms with Crippen LogP contribution in [0.2, 0.25) is 0 Å². The summed E-state index contributed by atoms with van der Waals surface area (Å²) in [6.07, 6.45) is 12.6. The maximum Gasteiger partial charge on any atom is 0.225 e.